The molecule has 0 aliphatic rings. The summed E-state index contributed by atoms with van der Waals surface area (Å²) in [7, 11) is 3.05. The third-order valence-corrected chi connectivity index (χ3v) is 6.69. The number of carbonyl (C=O) groups is 2. The van der Waals surface area contributed by atoms with Gasteiger partial charge in [0, 0.05) is 23.0 Å². The Kier molecular flexibility index (Phi) is 9.63. The maximum Gasteiger partial charge on any atom is 0.251 e. The Bertz CT molecular complexity index is 1450. The molecule has 0 bridgehead atoms. The molecule has 0 saturated carbocycles. The second kappa shape index (κ2) is 13.5. The predicted molar refractivity (Wildman–Crippen MR) is 154 cm³/mol. The van der Waals surface area contributed by atoms with Crippen molar-refractivity contribution in [3.05, 3.63) is 83.7 Å². The first-order valence-electron chi connectivity index (χ1n) is 12.6. The minimum absolute atomic E-state index is 0.109. The predicted octanol–water partition coefficient (Wildman–Crippen LogP) is 4.65. The van der Waals surface area contributed by atoms with Gasteiger partial charge in [0.1, 0.15) is 17.2 Å². The van der Waals surface area contributed by atoms with E-state index in [1.807, 2.05) is 54.8 Å². The highest BCUT2D eigenvalue weighted by Crippen LogP contribution is 2.25. The summed E-state index contributed by atoms with van der Waals surface area (Å²) in [6, 6.07) is 20.0. The van der Waals surface area contributed by atoms with Gasteiger partial charge in [-0.05, 0) is 67.9 Å². The number of nitrogens with zero attached hydrogens (tertiary/aromatic N) is 3. The van der Waals surface area contributed by atoms with Crippen LogP contribution in [0.25, 0.3) is 5.69 Å². The van der Waals surface area contributed by atoms with Crippen LogP contribution < -0.4 is 24.8 Å². The molecule has 1 heterocycles. The SMILES string of the molecule is CCOc1ccc(NC(=O)CSc2nnc(CNC(=O)c3cc(OC)cc(OC)c3)n2-c2cccc(C)c2)cc1. The summed E-state index contributed by atoms with van der Waals surface area (Å²) in [4.78, 5) is 25.6. The van der Waals surface area contributed by atoms with Crippen molar-refractivity contribution in [1.29, 1.82) is 0 Å². The summed E-state index contributed by atoms with van der Waals surface area (Å²) in [5, 5.41) is 15.0. The molecule has 2 N–H and O–H groups in total. The van der Waals surface area contributed by atoms with Crippen LogP contribution in [-0.2, 0) is 11.3 Å². The summed E-state index contributed by atoms with van der Waals surface area (Å²) in [6.07, 6.45) is 0. The number of thioether (sulfide) groups is 1. The zero-order valence-electron chi connectivity index (χ0n) is 22.8. The first-order chi connectivity index (χ1) is 19.4. The van der Waals surface area contributed by atoms with Gasteiger partial charge in [0.05, 0.1) is 33.1 Å². The summed E-state index contributed by atoms with van der Waals surface area (Å²) in [5.41, 5.74) is 2.94. The lowest BCUT2D eigenvalue weighted by Crippen LogP contribution is -2.24. The minimum atomic E-state index is -0.320. The molecule has 40 heavy (non-hydrogen) atoms. The lowest BCUT2D eigenvalue weighted by molar-refractivity contribution is -0.113. The van der Waals surface area contributed by atoms with Crippen molar-refractivity contribution in [2.75, 3.05) is 31.9 Å². The normalized spacial score (nSPS) is 10.6. The van der Waals surface area contributed by atoms with Crippen LogP contribution in [0.15, 0.2) is 71.9 Å². The molecule has 208 valence electrons. The third kappa shape index (κ3) is 7.32. The Morgan fingerprint density at radius 2 is 1.65 bits per heavy atom. The van der Waals surface area contributed by atoms with Crippen LogP contribution in [-0.4, -0.2) is 53.2 Å². The molecular formula is C29H31N5O5S. The number of methoxy groups -OCH3 is 2. The average Bonchev–Trinajstić information content (AvgIpc) is 3.38. The van der Waals surface area contributed by atoms with Crippen LogP contribution in [0.2, 0.25) is 0 Å². The molecule has 11 heteroatoms. The number of hydrogen-bond acceptors (Lipinski definition) is 8. The van der Waals surface area contributed by atoms with E-state index >= 15 is 0 Å². The Morgan fingerprint density at radius 1 is 0.925 bits per heavy atom. The van der Waals surface area contributed by atoms with Crippen molar-refractivity contribution < 1.29 is 23.8 Å². The van der Waals surface area contributed by atoms with Crippen molar-refractivity contribution in [3.63, 3.8) is 0 Å². The van der Waals surface area contributed by atoms with E-state index < -0.39 is 0 Å². The molecule has 0 unspecified atom stereocenters. The number of aromatic nitrogens is 3. The molecule has 0 radical (unpaired) electrons. The van der Waals surface area contributed by atoms with E-state index in [1.165, 1.54) is 26.0 Å². The van der Waals surface area contributed by atoms with Crippen LogP contribution in [0.5, 0.6) is 17.2 Å². The summed E-state index contributed by atoms with van der Waals surface area (Å²) in [5.74, 6) is 1.89. The highest BCUT2D eigenvalue weighted by atomic mass is 32.2. The van der Waals surface area contributed by atoms with Crippen molar-refractivity contribution in [2.24, 2.45) is 0 Å². The first-order valence-corrected chi connectivity index (χ1v) is 13.6. The highest BCUT2D eigenvalue weighted by molar-refractivity contribution is 7.99. The van der Waals surface area contributed by atoms with Gasteiger partial charge in [0.25, 0.3) is 5.91 Å². The quantitative estimate of drug-likeness (QED) is 0.240. The zero-order valence-corrected chi connectivity index (χ0v) is 23.6. The topological polar surface area (TPSA) is 117 Å². The van der Waals surface area contributed by atoms with E-state index in [4.69, 9.17) is 14.2 Å². The van der Waals surface area contributed by atoms with Crippen molar-refractivity contribution >= 4 is 29.3 Å². The molecule has 1 aromatic heterocycles. The first kappa shape index (κ1) is 28.5. The van der Waals surface area contributed by atoms with Gasteiger partial charge < -0.3 is 24.8 Å². The fourth-order valence-electron chi connectivity index (χ4n) is 3.86. The Labute approximate surface area is 237 Å². The Balaban J connectivity index is 1.49. The Hall–Kier alpha value is -4.51. The standard InChI is InChI=1S/C29H31N5O5S/c1-5-39-23-11-9-21(10-12-23)31-27(35)18-40-29-33-32-26(34(29)22-8-6-7-19(2)13-22)17-30-28(36)20-14-24(37-3)16-25(15-20)38-4/h6-16H,5,17-18H2,1-4H3,(H,30,36)(H,31,35). The monoisotopic (exact) mass is 561 g/mol. The van der Waals surface area contributed by atoms with E-state index in [9.17, 15) is 9.59 Å². The molecule has 0 aliphatic heterocycles. The molecule has 0 saturated heterocycles. The molecule has 0 aliphatic carbocycles. The average molecular weight is 562 g/mol. The zero-order chi connectivity index (χ0) is 28.5. The number of carbonyl (C=O) groups excluding carboxylic acids is 2. The number of benzene rings is 3. The molecule has 4 rings (SSSR count). The molecule has 10 nitrogen and oxygen atoms in total. The molecule has 2 amide bonds. The molecular weight excluding hydrogens is 530 g/mol. The minimum Gasteiger partial charge on any atom is -0.497 e. The maximum absolute atomic E-state index is 13.0. The van der Waals surface area contributed by atoms with Crippen LogP contribution in [0.3, 0.4) is 0 Å². The van der Waals surface area contributed by atoms with Crippen LogP contribution >= 0.6 is 11.8 Å². The van der Waals surface area contributed by atoms with Gasteiger partial charge in [-0.15, -0.1) is 10.2 Å². The fourth-order valence-corrected chi connectivity index (χ4v) is 4.63. The lowest BCUT2D eigenvalue weighted by atomic mass is 10.2. The van der Waals surface area contributed by atoms with Gasteiger partial charge in [0.2, 0.25) is 5.91 Å². The number of ether oxygens (including phenoxy) is 3. The van der Waals surface area contributed by atoms with Gasteiger partial charge in [-0.2, -0.15) is 0 Å². The molecule has 0 atom stereocenters. The van der Waals surface area contributed by atoms with Gasteiger partial charge in [0.15, 0.2) is 11.0 Å². The molecule has 0 spiro atoms. The second-order valence-corrected chi connectivity index (χ2v) is 9.59. The van der Waals surface area contributed by atoms with Crippen LogP contribution in [0.4, 0.5) is 5.69 Å². The van der Waals surface area contributed by atoms with Crippen molar-refractivity contribution in [1.82, 2.24) is 20.1 Å². The number of rotatable bonds is 12. The van der Waals surface area contributed by atoms with E-state index in [0.717, 1.165) is 17.0 Å². The van der Waals surface area contributed by atoms with Gasteiger partial charge in [-0.1, -0.05) is 23.9 Å². The van der Waals surface area contributed by atoms with E-state index in [1.54, 1.807) is 30.3 Å². The maximum atomic E-state index is 13.0. The molecule has 3 aromatic carbocycles. The number of aryl methyl sites for hydroxylation is 1. The third-order valence-electron chi connectivity index (χ3n) is 5.76. The van der Waals surface area contributed by atoms with Crippen LogP contribution in [0.1, 0.15) is 28.7 Å². The fraction of sp³-hybridized carbons (Fsp3) is 0.241. The summed E-state index contributed by atoms with van der Waals surface area (Å²) < 4.78 is 17.8. The molecule has 4 aromatic rings. The lowest BCUT2D eigenvalue weighted by Gasteiger charge is -2.12. The summed E-state index contributed by atoms with van der Waals surface area (Å²) >= 11 is 1.25. The summed E-state index contributed by atoms with van der Waals surface area (Å²) in [6.45, 7) is 4.59. The van der Waals surface area contributed by atoms with Gasteiger partial charge in [-0.3, -0.25) is 14.2 Å². The largest absolute Gasteiger partial charge is 0.497 e. The smallest absolute Gasteiger partial charge is 0.251 e. The van der Waals surface area contributed by atoms with Crippen LogP contribution in [0, 0.1) is 6.92 Å². The van der Waals surface area contributed by atoms with Crippen molar-refractivity contribution in [3.8, 4) is 22.9 Å². The second-order valence-electron chi connectivity index (χ2n) is 8.65. The number of amides is 2. The number of nitrogens with one attached hydrogen (secondary N) is 2. The van der Waals surface area contributed by atoms with Crippen molar-refractivity contribution in [2.45, 2.75) is 25.5 Å². The number of anilines is 1. The molecule has 0 fully saturated rings. The van der Waals surface area contributed by atoms with E-state index in [-0.39, 0.29) is 24.1 Å². The Morgan fingerprint density at radius 3 is 2.30 bits per heavy atom. The van der Waals surface area contributed by atoms with E-state index in [2.05, 4.69) is 20.8 Å². The number of hydrogen-bond donors (Lipinski definition) is 2. The van der Waals surface area contributed by atoms with Gasteiger partial charge in [-0.25, -0.2) is 0 Å². The van der Waals surface area contributed by atoms with Gasteiger partial charge >= 0.3 is 0 Å². The van der Waals surface area contributed by atoms with E-state index in [0.29, 0.717) is 40.3 Å². The highest BCUT2D eigenvalue weighted by Gasteiger charge is 2.18.